The summed E-state index contributed by atoms with van der Waals surface area (Å²) < 4.78 is 33.9. The lowest BCUT2D eigenvalue weighted by Gasteiger charge is -2.16. The lowest BCUT2D eigenvalue weighted by molar-refractivity contribution is -0.120. The second kappa shape index (κ2) is 8.86. The monoisotopic (exact) mass is 448 g/mol. The summed E-state index contributed by atoms with van der Waals surface area (Å²) in [6, 6.07) is 15.0. The zero-order valence-corrected chi connectivity index (χ0v) is 18.4. The molecule has 0 radical (unpaired) electrons. The Kier molecular flexibility index (Phi) is 5.96. The second-order valence-corrected chi connectivity index (χ2v) is 7.69. The number of imide groups is 1. The van der Waals surface area contributed by atoms with Gasteiger partial charge >= 0.3 is 0 Å². The molecule has 1 aliphatic heterocycles. The molecule has 4 rings (SSSR count). The Bertz CT molecular complexity index is 1280. The molecular weight excluding hydrogens is 426 g/mol. The van der Waals surface area contributed by atoms with Crippen LogP contribution in [-0.2, 0) is 9.59 Å². The van der Waals surface area contributed by atoms with Crippen molar-refractivity contribution in [2.75, 3.05) is 16.8 Å². The highest BCUT2D eigenvalue weighted by Crippen LogP contribution is 2.36. The number of hydrogen-bond acceptors (Lipinski definition) is 4. The predicted octanol–water partition coefficient (Wildman–Crippen LogP) is 5.38. The predicted molar refractivity (Wildman–Crippen MR) is 123 cm³/mol. The molecule has 33 heavy (non-hydrogen) atoms. The van der Waals surface area contributed by atoms with Gasteiger partial charge in [-0.3, -0.25) is 9.59 Å². The van der Waals surface area contributed by atoms with Crippen molar-refractivity contribution < 1.29 is 23.1 Å². The Hall–Kier alpha value is -4.00. The Morgan fingerprint density at radius 1 is 0.909 bits per heavy atom. The molecule has 3 aromatic carbocycles. The number of ether oxygens (including phenoxy) is 1. The zero-order valence-electron chi connectivity index (χ0n) is 18.4. The van der Waals surface area contributed by atoms with Crippen molar-refractivity contribution >= 4 is 28.8 Å². The number of nitrogens with one attached hydrogen (secondary N) is 1. The maximum atomic E-state index is 14.5. The van der Waals surface area contributed by atoms with E-state index in [0.717, 1.165) is 29.3 Å². The van der Waals surface area contributed by atoms with E-state index in [-0.39, 0.29) is 11.3 Å². The fourth-order valence-electron chi connectivity index (χ4n) is 3.68. The summed E-state index contributed by atoms with van der Waals surface area (Å²) in [5.74, 6) is -2.55. The van der Waals surface area contributed by atoms with Crippen LogP contribution in [0, 0.1) is 25.5 Å². The maximum Gasteiger partial charge on any atom is 0.282 e. The first-order valence-corrected chi connectivity index (χ1v) is 10.5. The van der Waals surface area contributed by atoms with Crippen LogP contribution in [0.25, 0.3) is 5.57 Å². The number of anilines is 2. The van der Waals surface area contributed by atoms with E-state index in [9.17, 15) is 18.4 Å². The van der Waals surface area contributed by atoms with Crippen molar-refractivity contribution in [3.63, 3.8) is 0 Å². The van der Waals surface area contributed by atoms with E-state index in [1.807, 2.05) is 39.0 Å². The third-order valence-corrected chi connectivity index (χ3v) is 5.34. The van der Waals surface area contributed by atoms with E-state index in [1.165, 1.54) is 0 Å². The van der Waals surface area contributed by atoms with Crippen molar-refractivity contribution in [3.8, 4) is 5.75 Å². The van der Waals surface area contributed by atoms with Crippen LogP contribution in [-0.4, -0.2) is 18.4 Å². The summed E-state index contributed by atoms with van der Waals surface area (Å²) in [4.78, 5) is 27.5. The molecule has 0 atom stereocenters. The van der Waals surface area contributed by atoms with Crippen molar-refractivity contribution in [2.45, 2.75) is 20.8 Å². The number of amides is 2. The van der Waals surface area contributed by atoms with E-state index in [4.69, 9.17) is 4.74 Å². The summed E-state index contributed by atoms with van der Waals surface area (Å²) in [6.07, 6.45) is 0. The Morgan fingerprint density at radius 2 is 1.64 bits per heavy atom. The lowest BCUT2D eigenvalue weighted by Crippen LogP contribution is -2.33. The largest absolute Gasteiger partial charge is 0.494 e. The van der Waals surface area contributed by atoms with E-state index in [0.29, 0.717) is 28.5 Å². The fraction of sp³-hybridized carbons (Fsp3) is 0.154. The topological polar surface area (TPSA) is 58.6 Å². The molecular formula is C26H22F2N2O3. The molecule has 0 spiro atoms. The fourth-order valence-corrected chi connectivity index (χ4v) is 3.68. The van der Waals surface area contributed by atoms with Gasteiger partial charge in [-0.25, -0.2) is 13.7 Å². The van der Waals surface area contributed by atoms with Crippen LogP contribution in [0.4, 0.5) is 20.2 Å². The van der Waals surface area contributed by atoms with E-state index < -0.39 is 29.1 Å². The Labute approximate surface area is 190 Å². The molecule has 0 aliphatic carbocycles. The molecule has 0 aromatic heterocycles. The van der Waals surface area contributed by atoms with Gasteiger partial charge in [-0.1, -0.05) is 24.3 Å². The Morgan fingerprint density at radius 3 is 2.33 bits per heavy atom. The van der Waals surface area contributed by atoms with Gasteiger partial charge < -0.3 is 10.1 Å². The van der Waals surface area contributed by atoms with Crippen LogP contribution in [0.2, 0.25) is 0 Å². The molecule has 0 fully saturated rings. The minimum atomic E-state index is -0.878. The van der Waals surface area contributed by atoms with Crippen molar-refractivity contribution in [2.24, 2.45) is 0 Å². The molecule has 7 heteroatoms. The van der Waals surface area contributed by atoms with Crippen molar-refractivity contribution in [1.82, 2.24) is 0 Å². The maximum absolute atomic E-state index is 14.5. The zero-order chi connectivity index (χ0) is 23.7. The average molecular weight is 448 g/mol. The summed E-state index contributed by atoms with van der Waals surface area (Å²) in [7, 11) is 0. The normalized spacial score (nSPS) is 13.7. The minimum Gasteiger partial charge on any atom is -0.494 e. The third kappa shape index (κ3) is 4.22. The number of halogens is 2. The number of carbonyl (C=O) groups is 2. The molecule has 0 unspecified atom stereocenters. The van der Waals surface area contributed by atoms with Crippen LogP contribution in [0.1, 0.15) is 23.6 Å². The highest BCUT2D eigenvalue weighted by Gasteiger charge is 2.41. The first-order valence-electron chi connectivity index (χ1n) is 10.5. The standard InChI is InChI=1S/C26H22F2N2O3/c1-4-33-19-10-7-17(8-11-19)23-24(29-21-13-15(2)5-6-16(21)3)26(32)30(25(23)31)22-14-18(27)9-12-20(22)28/h5-14,29H,4H2,1-3H3. The van der Waals surface area contributed by atoms with Crippen LogP contribution in [0.15, 0.2) is 66.4 Å². The van der Waals surface area contributed by atoms with Gasteiger partial charge in [0.1, 0.15) is 23.1 Å². The molecule has 5 nitrogen and oxygen atoms in total. The second-order valence-electron chi connectivity index (χ2n) is 7.69. The van der Waals surface area contributed by atoms with Crippen LogP contribution < -0.4 is 15.0 Å². The molecule has 0 saturated carbocycles. The van der Waals surface area contributed by atoms with E-state index in [2.05, 4.69) is 5.32 Å². The number of aryl methyl sites for hydroxylation is 2. The van der Waals surface area contributed by atoms with Gasteiger partial charge in [0.05, 0.1) is 17.9 Å². The van der Waals surface area contributed by atoms with E-state index in [1.54, 1.807) is 24.3 Å². The van der Waals surface area contributed by atoms with Crippen LogP contribution in [0.5, 0.6) is 5.75 Å². The van der Waals surface area contributed by atoms with Gasteiger partial charge in [0.15, 0.2) is 0 Å². The van der Waals surface area contributed by atoms with Crippen molar-refractivity contribution in [1.29, 1.82) is 0 Å². The average Bonchev–Trinajstić information content (AvgIpc) is 3.03. The van der Waals surface area contributed by atoms with Gasteiger partial charge in [-0.15, -0.1) is 0 Å². The van der Waals surface area contributed by atoms with Crippen LogP contribution >= 0.6 is 0 Å². The highest BCUT2D eigenvalue weighted by molar-refractivity contribution is 6.46. The molecule has 0 bridgehead atoms. The number of benzene rings is 3. The first-order chi connectivity index (χ1) is 15.8. The van der Waals surface area contributed by atoms with Gasteiger partial charge in [-0.2, -0.15) is 0 Å². The van der Waals surface area contributed by atoms with Gasteiger partial charge in [0, 0.05) is 11.8 Å². The van der Waals surface area contributed by atoms with Gasteiger partial charge in [-0.05, 0) is 67.8 Å². The number of nitrogens with zero attached hydrogens (tertiary/aromatic N) is 1. The molecule has 1 heterocycles. The molecule has 1 aliphatic rings. The third-order valence-electron chi connectivity index (χ3n) is 5.34. The molecule has 3 aromatic rings. The van der Waals surface area contributed by atoms with Gasteiger partial charge in [0.2, 0.25) is 0 Å². The number of carbonyl (C=O) groups excluding carboxylic acids is 2. The quantitative estimate of drug-likeness (QED) is 0.515. The number of rotatable bonds is 6. The lowest BCUT2D eigenvalue weighted by atomic mass is 10.0. The van der Waals surface area contributed by atoms with E-state index >= 15 is 0 Å². The number of hydrogen-bond donors (Lipinski definition) is 1. The molecule has 2 amide bonds. The van der Waals surface area contributed by atoms with Gasteiger partial charge in [0.25, 0.3) is 11.8 Å². The molecule has 168 valence electrons. The SMILES string of the molecule is CCOc1ccc(C2=C(Nc3cc(C)ccc3C)C(=O)N(c3cc(F)ccc3F)C2=O)cc1. The highest BCUT2D eigenvalue weighted by atomic mass is 19.1. The summed E-state index contributed by atoms with van der Waals surface area (Å²) in [5.41, 5.74) is 2.51. The molecule has 0 saturated heterocycles. The smallest absolute Gasteiger partial charge is 0.282 e. The summed E-state index contributed by atoms with van der Waals surface area (Å²) in [6.45, 7) is 6.10. The molecule has 1 N–H and O–H groups in total. The first kappa shape index (κ1) is 22.2. The van der Waals surface area contributed by atoms with Crippen molar-refractivity contribution in [3.05, 3.63) is 94.7 Å². The summed E-state index contributed by atoms with van der Waals surface area (Å²) in [5, 5.41) is 3.07. The minimum absolute atomic E-state index is 0.0125. The van der Waals surface area contributed by atoms with Crippen LogP contribution in [0.3, 0.4) is 0 Å². The summed E-state index contributed by atoms with van der Waals surface area (Å²) >= 11 is 0. The Balaban J connectivity index is 1.85.